The summed E-state index contributed by atoms with van der Waals surface area (Å²) in [5.41, 5.74) is -0.683. The van der Waals surface area contributed by atoms with Crippen molar-refractivity contribution in [2.24, 2.45) is 0 Å². The zero-order valence-electron chi connectivity index (χ0n) is 23.0. The van der Waals surface area contributed by atoms with Crippen LogP contribution >= 0.6 is 0 Å². The number of nitrogens with zero attached hydrogens (tertiary/aromatic N) is 3. The first-order valence-corrected chi connectivity index (χ1v) is 13.9. The quantitative estimate of drug-likeness (QED) is 0.587. The van der Waals surface area contributed by atoms with Gasteiger partial charge >= 0.3 is 6.09 Å². The summed E-state index contributed by atoms with van der Waals surface area (Å²) in [6.45, 7) is 7.90. The van der Waals surface area contributed by atoms with Crippen LogP contribution in [-0.4, -0.2) is 75.4 Å². The lowest BCUT2D eigenvalue weighted by atomic mass is 9.84. The minimum absolute atomic E-state index is 0.0224. The Bertz CT molecular complexity index is 1030. The molecule has 3 aliphatic heterocycles. The van der Waals surface area contributed by atoms with E-state index in [9.17, 15) is 19.2 Å². The van der Waals surface area contributed by atoms with Crippen molar-refractivity contribution in [3.63, 3.8) is 0 Å². The van der Waals surface area contributed by atoms with Crippen LogP contribution in [0, 0.1) is 0 Å². The molecule has 3 saturated heterocycles. The van der Waals surface area contributed by atoms with Gasteiger partial charge in [-0.05, 0) is 65.0 Å². The van der Waals surface area contributed by atoms with Crippen LogP contribution in [0.5, 0.6) is 0 Å². The number of hydrogen-bond donors (Lipinski definition) is 2. The molecule has 0 aromatic carbocycles. The highest BCUT2D eigenvalue weighted by Gasteiger charge is 2.52. The van der Waals surface area contributed by atoms with E-state index >= 15 is 0 Å². The number of fused-ring (bicyclic) bond motifs is 1. The molecule has 0 spiro atoms. The van der Waals surface area contributed by atoms with Gasteiger partial charge in [-0.2, -0.15) is 0 Å². The van der Waals surface area contributed by atoms with Crippen molar-refractivity contribution in [1.82, 2.24) is 25.4 Å². The van der Waals surface area contributed by atoms with Crippen molar-refractivity contribution in [2.75, 3.05) is 13.1 Å². The number of hydrogen-bond acceptors (Lipinski definition) is 6. The van der Waals surface area contributed by atoms with Crippen molar-refractivity contribution in [1.29, 1.82) is 0 Å². The molecule has 1 aromatic heterocycles. The van der Waals surface area contributed by atoms with E-state index in [1.165, 1.54) is 0 Å². The number of likely N-dealkylation sites (tertiary alicyclic amines) is 1. The topological polar surface area (TPSA) is 121 Å². The van der Waals surface area contributed by atoms with Crippen LogP contribution in [0.4, 0.5) is 4.79 Å². The Morgan fingerprint density at radius 1 is 1.11 bits per heavy atom. The van der Waals surface area contributed by atoms with Gasteiger partial charge in [-0.15, -0.1) is 0 Å². The summed E-state index contributed by atoms with van der Waals surface area (Å²) in [6.07, 6.45) is 6.65. The summed E-state index contributed by atoms with van der Waals surface area (Å²) in [7, 11) is 0. The third-order valence-corrected chi connectivity index (χ3v) is 7.56. The number of rotatable bonds is 6. The van der Waals surface area contributed by atoms with Gasteiger partial charge in [-0.3, -0.25) is 19.4 Å². The minimum Gasteiger partial charge on any atom is -0.444 e. The lowest BCUT2D eigenvalue weighted by molar-refractivity contribution is -0.154. The molecule has 1 aromatic rings. The van der Waals surface area contributed by atoms with Gasteiger partial charge < -0.3 is 25.2 Å². The van der Waals surface area contributed by atoms with Crippen LogP contribution in [0.3, 0.4) is 0 Å². The molecule has 4 rings (SSSR count). The summed E-state index contributed by atoms with van der Waals surface area (Å²) in [5.74, 6) is -0.404. The maximum Gasteiger partial charge on any atom is 0.408 e. The molecule has 0 aliphatic carbocycles. The molecular formula is C28H41N5O5. The molecule has 4 amide bonds. The number of alkyl carbamates (subject to hydrolysis) is 1. The molecule has 0 unspecified atom stereocenters. The Morgan fingerprint density at radius 2 is 1.84 bits per heavy atom. The molecule has 208 valence electrons. The van der Waals surface area contributed by atoms with Crippen molar-refractivity contribution in [3.8, 4) is 0 Å². The van der Waals surface area contributed by atoms with Crippen LogP contribution in [0.25, 0.3) is 0 Å². The molecule has 3 aliphatic rings. The lowest BCUT2D eigenvalue weighted by Gasteiger charge is -2.51. The summed E-state index contributed by atoms with van der Waals surface area (Å²) >= 11 is 0. The number of aromatic nitrogens is 1. The first kappa shape index (κ1) is 27.9. The fourth-order valence-electron chi connectivity index (χ4n) is 5.84. The SMILES string of the molecule is CCCC(=O)NC1(c2ccccn2)CN(C(=O)[C@@H]2CC[C@@H]3CCCC[C@H](NC(=O)OC(C)(C)C)C(=O)N32)C1. The molecule has 3 atom stereocenters. The van der Waals surface area contributed by atoms with Crippen LogP contribution in [-0.2, 0) is 24.7 Å². The molecule has 0 radical (unpaired) electrons. The molecular weight excluding hydrogens is 486 g/mol. The summed E-state index contributed by atoms with van der Waals surface area (Å²) in [6, 6.07) is 4.24. The largest absolute Gasteiger partial charge is 0.444 e. The Hall–Kier alpha value is -3.17. The first-order chi connectivity index (χ1) is 18.0. The number of carbonyl (C=O) groups is 4. The van der Waals surface area contributed by atoms with Crippen LogP contribution < -0.4 is 10.6 Å². The normalized spacial score (nSPS) is 24.9. The number of carbonyl (C=O) groups excluding carboxylic acids is 4. The molecule has 0 saturated carbocycles. The smallest absolute Gasteiger partial charge is 0.408 e. The van der Waals surface area contributed by atoms with E-state index in [1.54, 1.807) is 36.8 Å². The van der Waals surface area contributed by atoms with E-state index in [0.29, 0.717) is 32.4 Å². The summed E-state index contributed by atoms with van der Waals surface area (Å²) in [4.78, 5) is 60.4. The molecule has 3 fully saturated rings. The first-order valence-electron chi connectivity index (χ1n) is 13.9. The third kappa shape index (κ3) is 6.10. The van der Waals surface area contributed by atoms with Gasteiger partial charge in [0.25, 0.3) is 0 Å². The van der Waals surface area contributed by atoms with Gasteiger partial charge in [0, 0.05) is 18.7 Å². The lowest BCUT2D eigenvalue weighted by Crippen LogP contribution is -2.71. The van der Waals surface area contributed by atoms with E-state index < -0.39 is 29.3 Å². The number of amides is 4. The highest BCUT2D eigenvalue weighted by atomic mass is 16.6. The Kier molecular flexibility index (Phi) is 8.28. The monoisotopic (exact) mass is 527 g/mol. The van der Waals surface area contributed by atoms with E-state index in [2.05, 4.69) is 15.6 Å². The average molecular weight is 528 g/mol. The average Bonchev–Trinajstić information content (AvgIpc) is 3.24. The summed E-state index contributed by atoms with van der Waals surface area (Å²) < 4.78 is 5.39. The second-order valence-corrected chi connectivity index (χ2v) is 11.8. The highest BCUT2D eigenvalue weighted by molar-refractivity contribution is 5.93. The van der Waals surface area contributed by atoms with Gasteiger partial charge in [0.15, 0.2) is 0 Å². The van der Waals surface area contributed by atoms with Gasteiger partial charge in [0.2, 0.25) is 17.7 Å². The van der Waals surface area contributed by atoms with Crippen LogP contribution in [0.2, 0.25) is 0 Å². The predicted molar refractivity (Wildman–Crippen MR) is 141 cm³/mol. The van der Waals surface area contributed by atoms with Crippen molar-refractivity contribution in [3.05, 3.63) is 30.1 Å². The minimum atomic E-state index is -0.734. The zero-order chi connectivity index (χ0) is 27.5. The second-order valence-electron chi connectivity index (χ2n) is 11.8. The van der Waals surface area contributed by atoms with E-state index in [1.807, 2.05) is 25.1 Å². The van der Waals surface area contributed by atoms with Crippen LogP contribution in [0.15, 0.2) is 24.4 Å². The van der Waals surface area contributed by atoms with Crippen molar-refractivity contribution < 1.29 is 23.9 Å². The van der Waals surface area contributed by atoms with Gasteiger partial charge in [-0.25, -0.2) is 4.79 Å². The second kappa shape index (κ2) is 11.3. The van der Waals surface area contributed by atoms with E-state index in [0.717, 1.165) is 37.8 Å². The molecule has 0 bridgehead atoms. The van der Waals surface area contributed by atoms with E-state index in [-0.39, 0.29) is 23.8 Å². The zero-order valence-corrected chi connectivity index (χ0v) is 23.0. The number of nitrogens with one attached hydrogen (secondary N) is 2. The van der Waals surface area contributed by atoms with Gasteiger partial charge in [0.1, 0.15) is 23.2 Å². The van der Waals surface area contributed by atoms with Crippen molar-refractivity contribution in [2.45, 2.75) is 108 Å². The molecule has 2 N–H and O–H groups in total. The fraction of sp³-hybridized carbons (Fsp3) is 0.679. The molecule has 4 heterocycles. The van der Waals surface area contributed by atoms with Gasteiger partial charge in [-0.1, -0.05) is 25.8 Å². The fourth-order valence-corrected chi connectivity index (χ4v) is 5.84. The molecule has 10 heteroatoms. The Morgan fingerprint density at radius 3 is 2.50 bits per heavy atom. The maximum atomic E-state index is 13.8. The van der Waals surface area contributed by atoms with Gasteiger partial charge in [0.05, 0.1) is 18.8 Å². The molecule has 10 nitrogen and oxygen atoms in total. The number of pyridine rings is 1. The summed E-state index contributed by atoms with van der Waals surface area (Å²) in [5, 5.41) is 5.87. The van der Waals surface area contributed by atoms with Crippen LogP contribution in [0.1, 0.15) is 84.8 Å². The third-order valence-electron chi connectivity index (χ3n) is 7.56. The standard InChI is InChI=1S/C28H41N5O5/c1-5-10-23(34)31-28(22-13-8-9-16-29-22)17-32(18-28)25(36)21-15-14-19-11-6-7-12-20(24(35)33(19)21)30-26(37)38-27(2,3)4/h8-9,13,16,19-21H,5-7,10-12,14-15,17-18H2,1-4H3,(H,30,37)(H,31,34)/t19-,20-,21-/m0/s1. The maximum absolute atomic E-state index is 13.8. The Labute approximate surface area is 224 Å². The Balaban J connectivity index is 1.48. The van der Waals surface area contributed by atoms with E-state index in [4.69, 9.17) is 4.74 Å². The molecule has 38 heavy (non-hydrogen) atoms. The highest BCUT2D eigenvalue weighted by Crippen LogP contribution is 2.36. The van der Waals surface area contributed by atoms with Crippen molar-refractivity contribution >= 4 is 23.8 Å². The number of ether oxygens (including phenoxy) is 1. The predicted octanol–water partition coefficient (Wildman–Crippen LogP) is 2.86.